The van der Waals surface area contributed by atoms with Crippen molar-refractivity contribution < 1.29 is 39.9 Å². The van der Waals surface area contributed by atoms with Crippen LogP contribution < -0.4 is 0 Å². The number of allylic oxidation sites excluding steroid dienone is 2. The Bertz CT molecular complexity index is 1680. The molecule has 1 aliphatic carbocycles. The van der Waals surface area contributed by atoms with Gasteiger partial charge in [-0.2, -0.15) is 8.78 Å². The predicted molar refractivity (Wildman–Crippen MR) is 157 cm³/mol. The van der Waals surface area contributed by atoms with Crippen LogP contribution in [0.25, 0.3) is 22.3 Å². The van der Waals surface area contributed by atoms with Crippen LogP contribution >= 0.6 is 0 Å². The Morgan fingerprint density at radius 1 is 0.689 bits per heavy atom. The number of benzene rings is 4. The summed E-state index contributed by atoms with van der Waals surface area (Å²) in [6.07, 6.45) is 1.80. The SMILES string of the molecule is C/C=C/CCc1ccc(C(F)(F)OC2CCC(c3ccc(-c4ccc(-c5cc(F)c(F)c(F)c5)c(F)c4)c(F)c3)CC2)c(F)c1. The number of rotatable bonds is 9. The molecule has 0 bridgehead atoms. The van der Waals surface area contributed by atoms with Gasteiger partial charge in [0.15, 0.2) is 17.5 Å². The third kappa shape index (κ3) is 7.30. The van der Waals surface area contributed by atoms with Gasteiger partial charge in [-0.05, 0) is 110 Å². The molecule has 0 atom stereocenters. The zero-order valence-corrected chi connectivity index (χ0v) is 24.3. The van der Waals surface area contributed by atoms with E-state index < -0.39 is 52.7 Å². The Morgan fingerprint density at radius 2 is 1.31 bits per heavy atom. The zero-order valence-electron chi connectivity index (χ0n) is 24.3. The summed E-state index contributed by atoms with van der Waals surface area (Å²) in [5, 5.41) is 0. The predicted octanol–water partition coefficient (Wildman–Crippen LogP) is 11.2. The van der Waals surface area contributed by atoms with Crippen LogP contribution in [0.5, 0.6) is 0 Å². The van der Waals surface area contributed by atoms with E-state index in [4.69, 9.17) is 4.74 Å². The average molecular weight is 631 g/mol. The molecule has 1 aliphatic rings. The van der Waals surface area contributed by atoms with E-state index in [0.29, 0.717) is 48.9 Å². The van der Waals surface area contributed by atoms with Crippen LogP contribution in [0.15, 0.2) is 78.9 Å². The third-order valence-corrected chi connectivity index (χ3v) is 8.21. The van der Waals surface area contributed by atoms with Gasteiger partial charge in [-0.15, -0.1) is 0 Å². The number of hydrogen-bond acceptors (Lipinski definition) is 1. The Labute approximate surface area is 256 Å². The van der Waals surface area contributed by atoms with Crippen LogP contribution in [0.3, 0.4) is 0 Å². The van der Waals surface area contributed by atoms with Crippen molar-refractivity contribution in [1.29, 1.82) is 0 Å². The summed E-state index contributed by atoms with van der Waals surface area (Å²) < 4.78 is 120. The molecule has 45 heavy (non-hydrogen) atoms. The van der Waals surface area contributed by atoms with Gasteiger partial charge in [-0.1, -0.05) is 42.5 Å². The minimum atomic E-state index is -3.80. The fraction of sp³-hybridized carbons (Fsp3) is 0.278. The molecule has 1 saturated carbocycles. The van der Waals surface area contributed by atoms with E-state index in [9.17, 15) is 30.7 Å². The number of alkyl halides is 2. The molecule has 0 N–H and O–H groups in total. The Hall–Kier alpha value is -3.98. The Kier molecular flexibility index (Phi) is 9.77. The van der Waals surface area contributed by atoms with Gasteiger partial charge < -0.3 is 4.74 Å². The molecule has 0 saturated heterocycles. The van der Waals surface area contributed by atoms with E-state index in [-0.39, 0.29) is 41.0 Å². The first-order valence-corrected chi connectivity index (χ1v) is 14.7. The largest absolute Gasteiger partial charge is 0.386 e. The zero-order chi connectivity index (χ0) is 32.3. The van der Waals surface area contributed by atoms with Crippen molar-refractivity contribution in [2.75, 3.05) is 0 Å². The maximum absolute atomic E-state index is 15.2. The minimum Gasteiger partial charge on any atom is -0.313 e. The maximum Gasteiger partial charge on any atom is 0.386 e. The topological polar surface area (TPSA) is 9.23 Å². The number of ether oxygens (including phenoxy) is 1. The highest BCUT2D eigenvalue weighted by Crippen LogP contribution is 2.41. The summed E-state index contributed by atoms with van der Waals surface area (Å²) in [4.78, 5) is 0. The third-order valence-electron chi connectivity index (χ3n) is 8.21. The van der Waals surface area contributed by atoms with Gasteiger partial charge in [0, 0.05) is 11.1 Å². The van der Waals surface area contributed by atoms with Crippen LogP contribution in [0.1, 0.15) is 61.6 Å². The molecule has 0 aromatic heterocycles. The van der Waals surface area contributed by atoms with Crippen LogP contribution in [-0.4, -0.2) is 6.10 Å². The molecule has 4 aromatic carbocycles. The normalized spacial score (nSPS) is 17.3. The van der Waals surface area contributed by atoms with E-state index in [1.165, 1.54) is 30.3 Å². The molecular weight excluding hydrogens is 600 g/mol. The molecule has 236 valence electrons. The highest BCUT2D eigenvalue weighted by Gasteiger charge is 2.40. The van der Waals surface area contributed by atoms with Crippen molar-refractivity contribution in [3.05, 3.63) is 130 Å². The van der Waals surface area contributed by atoms with E-state index in [2.05, 4.69) is 0 Å². The molecule has 4 aromatic rings. The standard InChI is InChI=1S/C36H30F8O/c1-2-3-4-5-21-6-15-29(32(39)16-21)36(43,44)45-26-11-7-22(8-12-26)23-9-13-27(30(37)17-23)24-10-14-28(31(38)18-24)25-19-33(40)35(42)34(41)20-25/h2-3,6,9-10,13-20,22,26H,4-5,7-8,11-12H2,1H3/b3-2+. The fourth-order valence-corrected chi connectivity index (χ4v) is 5.80. The van der Waals surface area contributed by atoms with Crippen molar-refractivity contribution in [2.45, 2.75) is 63.6 Å². The lowest BCUT2D eigenvalue weighted by molar-refractivity contribution is -0.278. The second kappa shape index (κ2) is 13.6. The maximum atomic E-state index is 15.2. The quantitative estimate of drug-likeness (QED) is 0.102. The monoisotopic (exact) mass is 630 g/mol. The smallest absolute Gasteiger partial charge is 0.313 e. The van der Waals surface area contributed by atoms with E-state index in [0.717, 1.165) is 18.2 Å². The number of aryl methyl sites for hydroxylation is 1. The molecule has 0 amide bonds. The van der Waals surface area contributed by atoms with Gasteiger partial charge in [0.1, 0.15) is 17.5 Å². The van der Waals surface area contributed by atoms with Crippen LogP contribution in [-0.2, 0) is 17.3 Å². The van der Waals surface area contributed by atoms with Gasteiger partial charge in [0.25, 0.3) is 0 Å². The summed E-state index contributed by atoms with van der Waals surface area (Å²) in [6.45, 7) is 1.87. The van der Waals surface area contributed by atoms with Crippen molar-refractivity contribution in [3.63, 3.8) is 0 Å². The molecule has 1 nitrogen and oxygen atoms in total. The summed E-state index contributed by atoms with van der Waals surface area (Å²) in [5.74, 6) is -7.24. The van der Waals surface area contributed by atoms with E-state index in [1.807, 2.05) is 19.1 Å². The van der Waals surface area contributed by atoms with Gasteiger partial charge in [0.2, 0.25) is 0 Å². The Morgan fingerprint density at radius 3 is 1.93 bits per heavy atom. The lowest BCUT2D eigenvalue weighted by Crippen LogP contribution is -2.30. The van der Waals surface area contributed by atoms with Crippen LogP contribution in [0.4, 0.5) is 35.1 Å². The summed E-state index contributed by atoms with van der Waals surface area (Å²) in [6, 6.07) is 13.1. The highest BCUT2D eigenvalue weighted by molar-refractivity contribution is 5.71. The van der Waals surface area contributed by atoms with E-state index in [1.54, 1.807) is 6.07 Å². The summed E-state index contributed by atoms with van der Waals surface area (Å²) in [5.41, 5.74) is 0.339. The molecule has 1 fully saturated rings. The Balaban J connectivity index is 1.22. The van der Waals surface area contributed by atoms with Crippen molar-refractivity contribution in [1.82, 2.24) is 0 Å². The molecule has 0 radical (unpaired) electrons. The second-order valence-corrected chi connectivity index (χ2v) is 11.2. The lowest BCUT2D eigenvalue weighted by atomic mass is 9.82. The van der Waals surface area contributed by atoms with Crippen LogP contribution in [0, 0.1) is 34.9 Å². The summed E-state index contributed by atoms with van der Waals surface area (Å²) in [7, 11) is 0. The first kappa shape index (κ1) is 32.4. The van der Waals surface area contributed by atoms with Crippen molar-refractivity contribution in [3.8, 4) is 22.3 Å². The number of halogens is 8. The van der Waals surface area contributed by atoms with Gasteiger partial charge >= 0.3 is 6.11 Å². The molecule has 0 unspecified atom stereocenters. The van der Waals surface area contributed by atoms with E-state index >= 15 is 4.39 Å². The second-order valence-electron chi connectivity index (χ2n) is 11.2. The summed E-state index contributed by atoms with van der Waals surface area (Å²) >= 11 is 0. The highest BCUT2D eigenvalue weighted by atomic mass is 19.3. The molecule has 9 heteroatoms. The first-order chi connectivity index (χ1) is 21.5. The van der Waals surface area contributed by atoms with Crippen molar-refractivity contribution in [2.24, 2.45) is 0 Å². The van der Waals surface area contributed by atoms with Crippen molar-refractivity contribution >= 4 is 0 Å². The van der Waals surface area contributed by atoms with Gasteiger partial charge in [-0.3, -0.25) is 0 Å². The molecule has 0 heterocycles. The van der Waals surface area contributed by atoms with Gasteiger partial charge in [0.05, 0.1) is 11.7 Å². The van der Waals surface area contributed by atoms with Gasteiger partial charge in [-0.25, -0.2) is 26.3 Å². The fourth-order valence-electron chi connectivity index (χ4n) is 5.80. The lowest BCUT2D eigenvalue weighted by Gasteiger charge is -2.31. The average Bonchev–Trinajstić information content (AvgIpc) is 3.00. The molecule has 0 aliphatic heterocycles. The first-order valence-electron chi connectivity index (χ1n) is 14.7. The van der Waals surface area contributed by atoms with Crippen LogP contribution in [0.2, 0.25) is 0 Å². The number of hydrogen-bond donors (Lipinski definition) is 0. The molecular formula is C36H30F8O. The molecule has 0 spiro atoms. The molecule has 5 rings (SSSR count). The minimum absolute atomic E-state index is 0.0900.